The van der Waals surface area contributed by atoms with Gasteiger partial charge in [0.1, 0.15) is 23.9 Å². The van der Waals surface area contributed by atoms with Crippen LogP contribution < -0.4 is 10.6 Å². The van der Waals surface area contributed by atoms with E-state index in [1.54, 1.807) is 4.90 Å². The maximum Gasteiger partial charge on any atom is 0.240 e. The fourth-order valence-corrected chi connectivity index (χ4v) is 3.22. The third-order valence-corrected chi connectivity index (χ3v) is 4.12. The Bertz CT molecular complexity index is 548. The van der Waals surface area contributed by atoms with Gasteiger partial charge in [-0.1, -0.05) is 0 Å². The summed E-state index contributed by atoms with van der Waals surface area (Å²) in [5.41, 5.74) is 7.53. The lowest BCUT2D eigenvalue weighted by Crippen LogP contribution is -2.41. The van der Waals surface area contributed by atoms with Crippen molar-refractivity contribution in [1.29, 1.82) is 0 Å². The van der Waals surface area contributed by atoms with Crippen LogP contribution >= 0.6 is 0 Å². The van der Waals surface area contributed by atoms with Gasteiger partial charge in [0.2, 0.25) is 5.91 Å². The molecule has 1 saturated heterocycles. The molecule has 3 rings (SSSR count). The van der Waals surface area contributed by atoms with Crippen LogP contribution in [0.5, 0.6) is 0 Å². The number of primary amides is 1. The third kappa shape index (κ3) is 2.23. The summed E-state index contributed by atoms with van der Waals surface area (Å²) in [7, 11) is 0. The van der Waals surface area contributed by atoms with Crippen molar-refractivity contribution < 1.29 is 9.18 Å². The minimum Gasteiger partial charge on any atom is -0.368 e. The Labute approximate surface area is 117 Å². The Hall–Kier alpha value is -1.72. The summed E-state index contributed by atoms with van der Waals surface area (Å²) >= 11 is 0. The number of carbonyl (C=O) groups is 1. The lowest BCUT2D eigenvalue weighted by atomic mass is 9.96. The number of carbonyl (C=O) groups excluding carboxylic acids is 1. The van der Waals surface area contributed by atoms with E-state index in [0.717, 1.165) is 42.8 Å². The van der Waals surface area contributed by atoms with Crippen molar-refractivity contribution in [3.05, 3.63) is 17.1 Å². The molecular weight excluding hydrogens is 259 g/mol. The minimum atomic E-state index is -1.03. The Balaban J connectivity index is 2.04. The van der Waals surface area contributed by atoms with Crippen LogP contribution in [0.2, 0.25) is 0 Å². The highest BCUT2D eigenvalue weighted by atomic mass is 19.1. The molecule has 2 N–H and O–H groups in total. The van der Waals surface area contributed by atoms with Crippen molar-refractivity contribution in [3.8, 4) is 0 Å². The van der Waals surface area contributed by atoms with Crippen LogP contribution in [0.25, 0.3) is 0 Å². The third-order valence-electron chi connectivity index (χ3n) is 4.12. The molecule has 1 aliphatic carbocycles. The summed E-state index contributed by atoms with van der Waals surface area (Å²) in [6.07, 6.45) is 3.16. The van der Waals surface area contributed by atoms with Gasteiger partial charge in [0, 0.05) is 17.7 Å². The first-order valence-corrected chi connectivity index (χ1v) is 7.12. The van der Waals surface area contributed by atoms with Crippen LogP contribution in [-0.4, -0.2) is 34.6 Å². The van der Waals surface area contributed by atoms with Gasteiger partial charge in [-0.25, -0.2) is 14.4 Å². The molecule has 1 aromatic rings. The molecule has 1 aliphatic heterocycles. The van der Waals surface area contributed by atoms with Crippen LogP contribution in [0, 0.1) is 6.92 Å². The molecule has 2 atom stereocenters. The van der Waals surface area contributed by atoms with Gasteiger partial charge in [0.15, 0.2) is 0 Å². The van der Waals surface area contributed by atoms with Crippen molar-refractivity contribution in [1.82, 2.24) is 9.97 Å². The smallest absolute Gasteiger partial charge is 0.240 e. The second kappa shape index (κ2) is 5.00. The molecule has 0 saturated carbocycles. The van der Waals surface area contributed by atoms with Crippen LogP contribution in [0.1, 0.15) is 36.3 Å². The first-order valence-electron chi connectivity index (χ1n) is 7.12. The van der Waals surface area contributed by atoms with Crippen LogP contribution in [0.15, 0.2) is 0 Å². The Morgan fingerprint density at radius 1 is 1.35 bits per heavy atom. The normalized spacial score (nSPS) is 25.6. The van der Waals surface area contributed by atoms with E-state index < -0.39 is 18.1 Å². The molecule has 0 unspecified atom stereocenters. The largest absolute Gasteiger partial charge is 0.368 e. The van der Waals surface area contributed by atoms with Gasteiger partial charge in [-0.3, -0.25) is 4.79 Å². The number of rotatable bonds is 2. The zero-order valence-electron chi connectivity index (χ0n) is 11.6. The van der Waals surface area contributed by atoms with Gasteiger partial charge in [0.05, 0.1) is 6.54 Å². The second-order valence-electron chi connectivity index (χ2n) is 5.63. The van der Waals surface area contributed by atoms with Crippen molar-refractivity contribution in [2.45, 2.75) is 51.2 Å². The maximum atomic E-state index is 13.7. The Morgan fingerprint density at radius 2 is 2.10 bits per heavy atom. The maximum absolute atomic E-state index is 13.7. The predicted octanol–water partition coefficient (Wildman–Crippen LogP) is 1.07. The first-order chi connectivity index (χ1) is 9.56. The van der Waals surface area contributed by atoms with Crippen LogP contribution in [0.3, 0.4) is 0 Å². The number of anilines is 1. The second-order valence-corrected chi connectivity index (χ2v) is 5.63. The summed E-state index contributed by atoms with van der Waals surface area (Å²) in [5.74, 6) is 0.910. The van der Waals surface area contributed by atoms with E-state index in [1.165, 1.54) is 0 Å². The molecule has 20 heavy (non-hydrogen) atoms. The molecule has 0 spiro atoms. The monoisotopic (exact) mass is 278 g/mol. The molecule has 2 aliphatic rings. The molecule has 6 heteroatoms. The molecule has 5 nitrogen and oxygen atoms in total. The van der Waals surface area contributed by atoms with E-state index >= 15 is 0 Å². The number of nitrogens with zero attached hydrogens (tertiary/aromatic N) is 3. The lowest BCUT2D eigenvalue weighted by Gasteiger charge is -2.28. The van der Waals surface area contributed by atoms with E-state index in [2.05, 4.69) is 9.97 Å². The predicted molar refractivity (Wildman–Crippen MR) is 73.3 cm³/mol. The zero-order chi connectivity index (χ0) is 14.3. The lowest BCUT2D eigenvalue weighted by molar-refractivity contribution is -0.119. The molecular formula is C14H19FN4O. The number of fused-ring (bicyclic) bond motifs is 1. The Kier molecular flexibility index (Phi) is 3.31. The highest BCUT2D eigenvalue weighted by molar-refractivity contribution is 5.84. The molecule has 2 heterocycles. The average Bonchev–Trinajstić information content (AvgIpc) is 2.80. The van der Waals surface area contributed by atoms with E-state index in [4.69, 9.17) is 5.73 Å². The van der Waals surface area contributed by atoms with E-state index in [0.29, 0.717) is 5.82 Å². The molecule has 1 fully saturated rings. The average molecular weight is 278 g/mol. The van der Waals surface area contributed by atoms with Crippen molar-refractivity contribution in [2.24, 2.45) is 5.73 Å². The SMILES string of the molecule is Cc1nc2c(c(N3C[C@H](F)C[C@H]3C(N)=O)n1)CCCC2. The molecule has 0 bridgehead atoms. The van der Waals surface area contributed by atoms with Gasteiger partial charge in [-0.15, -0.1) is 0 Å². The van der Waals surface area contributed by atoms with Crippen LogP contribution in [-0.2, 0) is 17.6 Å². The van der Waals surface area contributed by atoms with E-state index in [9.17, 15) is 9.18 Å². The fourth-order valence-electron chi connectivity index (χ4n) is 3.22. The molecule has 1 amide bonds. The standard InChI is InChI=1S/C14H19FN4O/c1-8-17-11-5-3-2-4-10(11)14(18-8)19-7-9(15)6-12(19)13(16)20/h9,12H,2-7H2,1H3,(H2,16,20)/t9-,12+/m1/s1. The number of nitrogens with two attached hydrogens (primary N) is 1. The minimum absolute atomic E-state index is 0.160. The molecule has 1 aromatic heterocycles. The van der Waals surface area contributed by atoms with Crippen molar-refractivity contribution in [2.75, 3.05) is 11.4 Å². The van der Waals surface area contributed by atoms with Gasteiger partial charge < -0.3 is 10.6 Å². The first kappa shape index (κ1) is 13.3. The summed E-state index contributed by atoms with van der Waals surface area (Å²) in [5, 5.41) is 0. The molecule has 0 aromatic carbocycles. The summed E-state index contributed by atoms with van der Waals surface area (Å²) < 4.78 is 13.7. The van der Waals surface area contributed by atoms with Crippen molar-refractivity contribution >= 4 is 11.7 Å². The summed E-state index contributed by atoms with van der Waals surface area (Å²) in [6, 6.07) is -0.592. The number of aromatic nitrogens is 2. The number of aryl methyl sites for hydroxylation is 2. The summed E-state index contributed by atoms with van der Waals surface area (Å²) in [4.78, 5) is 22.3. The number of amides is 1. The van der Waals surface area contributed by atoms with Gasteiger partial charge in [0.25, 0.3) is 0 Å². The molecule has 0 radical (unpaired) electrons. The summed E-state index contributed by atoms with van der Waals surface area (Å²) in [6.45, 7) is 2.02. The molecule has 108 valence electrons. The topological polar surface area (TPSA) is 72.1 Å². The van der Waals surface area contributed by atoms with Gasteiger partial charge in [-0.2, -0.15) is 0 Å². The number of hydrogen-bond donors (Lipinski definition) is 1. The Morgan fingerprint density at radius 3 is 2.85 bits per heavy atom. The highest BCUT2D eigenvalue weighted by Crippen LogP contribution is 2.33. The zero-order valence-corrected chi connectivity index (χ0v) is 11.6. The van der Waals surface area contributed by atoms with E-state index in [-0.39, 0.29) is 13.0 Å². The van der Waals surface area contributed by atoms with Crippen molar-refractivity contribution in [3.63, 3.8) is 0 Å². The number of halogens is 1. The fraction of sp³-hybridized carbons (Fsp3) is 0.643. The van der Waals surface area contributed by atoms with E-state index in [1.807, 2.05) is 6.92 Å². The number of alkyl halides is 1. The van der Waals surface area contributed by atoms with Gasteiger partial charge >= 0.3 is 0 Å². The highest BCUT2D eigenvalue weighted by Gasteiger charge is 2.38. The van der Waals surface area contributed by atoms with Gasteiger partial charge in [-0.05, 0) is 32.6 Å². The van der Waals surface area contributed by atoms with Crippen LogP contribution in [0.4, 0.5) is 10.2 Å². The number of hydrogen-bond acceptors (Lipinski definition) is 4. The quantitative estimate of drug-likeness (QED) is 0.878.